The Morgan fingerprint density at radius 1 is 1.50 bits per heavy atom. The topological polar surface area (TPSA) is 64.3 Å². The number of rotatable bonds is 6. The van der Waals surface area contributed by atoms with Crippen LogP contribution in [0.15, 0.2) is 24.3 Å². The highest BCUT2D eigenvalue weighted by atomic mass is 32.1. The van der Waals surface area contributed by atoms with E-state index in [-0.39, 0.29) is 11.3 Å². The van der Waals surface area contributed by atoms with Crippen LogP contribution in [0, 0.1) is 0 Å². The third kappa shape index (κ3) is 5.05. The van der Waals surface area contributed by atoms with Crippen LogP contribution in [0.4, 0.5) is 8.78 Å². The molecule has 0 fully saturated rings. The number of amides is 1. The molecule has 0 aromatic heterocycles. The summed E-state index contributed by atoms with van der Waals surface area (Å²) in [5.41, 5.74) is 5.51. The van der Waals surface area contributed by atoms with Crippen LogP contribution in [0.3, 0.4) is 0 Å². The minimum atomic E-state index is -2.92. The van der Waals surface area contributed by atoms with Crippen molar-refractivity contribution < 1.29 is 18.3 Å². The highest BCUT2D eigenvalue weighted by Crippen LogP contribution is 2.15. The molecule has 18 heavy (non-hydrogen) atoms. The second-order valence-corrected chi connectivity index (χ2v) is 3.90. The molecular formula is C11H12F2N2O2S. The number of carbonyl (C=O) groups excluding carboxylic acids is 1. The molecule has 3 N–H and O–H groups in total. The van der Waals surface area contributed by atoms with Gasteiger partial charge in [-0.25, -0.2) is 0 Å². The SMILES string of the molecule is NC(=S)CCNC(=O)c1cccc(OC(F)F)c1. The molecule has 0 radical (unpaired) electrons. The van der Waals surface area contributed by atoms with Gasteiger partial charge in [0.2, 0.25) is 0 Å². The Labute approximate surface area is 108 Å². The minimum Gasteiger partial charge on any atom is -0.435 e. The first-order valence-corrected chi connectivity index (χ1v) is 5.51. The standard InChI is InChI=1S/C11H12F2N2O2S/c12-11(13)17-8-3-1-2-7(6-8)10(16)15-5-4-9(14)18/h1-3,6,11H,4-5H2,(H2,14,18)(H,15,16). The number of thiocarbonyl (C=S) groups is 1. The molecule has 0 aliphatic rings. The van der Waals surface area contributed by atoms with Crippen molar-refractivity contribution in [3.63, 3.8) is 0 Å². The maximum absolute atomic E-state index is 12.0. The number of benzene rings is 1. The van der Waals surface area contributed by atoms with Crippen LogP contribution in [-0.4, -0.2) is 24.1 Å². The number of nitrogens with one attached hydrogen (secondary N) is 1. The summed E-state index contributed by atoms with van der Waals surface area (Å²) >= 11 is 4.66. The summed E-state index contributed by atoms with van der Waals surface area (Å²) in [5.74, 6) is -0.460. The van der Waals surface area contributed by atoms with Crippen LogP contribution in [0.25, 0.3) is 0 Å². The molecule has 0 unspecified atom stereocenters. The molecule has 98 valence electrons. The molecule has 1 amide bonds. The van der Waals surface area contributed by atoms with Crippen LogP contribution in [0.2, 0.25) is 0 Å². The molecule has 1 rings (SSSR count). The zero-order chi connectivity index (χ0) is 13.5. The fourth-order valence-electron chi connectivity index (χ4n) is 1.21. The molecule has 1 aromatic rings. The second kappa shape index (κ2) is 6.85. The fraction of sp³-hybridized carbons (Fsp3) is 0.273. The summed E-state index contributed by atoms with van der Waals surface area (Å²) in [6.07, 6.45) is 0.383. The van der Waals surface area contributed by atoms with Gasteiger partial charge in [0, 0.05) is 18.5 Å². The molecular weight excluding hydrogens is 262 g/mol. The first-order chi connectivity index (χ1) is 8.49. The summed E-state index contributed by atoms with van der Waals surface area (Å²) in [4.78, 5) is 11.9. The number of carbonyl (C=O) groups is 1. The molecule has 7 heteroatoms. The fourth-order valence-corrected chi connectivity index (χ4v) is 1.32. The highest BCUT2D eigenvalue weighted by Gasteiger charge is 2.09. The number of alkyl halides is 2. The lowest BCUT2D eigenvalue weighted by molar-refractivity contribution is -0.0498. The first kappa shape index (κ1) is 14.3. The smallest absolute Gasteiger partial charge is 0.387 e. The minimum absolute atomic E-state index is 0.0630. The second-order valence-electron chi connectivity index (χ2n) is 3.38. The van der Waals surface area contributed by atoms with Gasteiger partial charge in [-0.05, 0) is 18.2 Å². The van der Waals surface area contributed by atoms with Gasteiger partial charge in [-0.15, -0.1) is 0 Å². The van der Waals surface area contributed by atoms with Crippen LogP contribution in [0.5, 0.6) is 5.75 Å². The molecule has 0 atom stereocenters. The van der Waals surface area contributed by atoms with Gasteiger partial charge in [0.05, 0.1) is 4.99 Å². The lowest BCUT2D eigenvalue weighted by Crippen LogP contribution is -2.27. The van der Waals surface area contributed by atoms with E-state index < -0.39 is 12.5 Å². The van der Waals surface area contributed by atoms with E-state index in [1.807, 2.05) is 0 Å². The van der Waals surface area contributed by atoms with Crippen LogP contribution in [-0.2, 0) is 0 Å². The summed E-state index contributed by atoms with van der Waals surface area (Å²) in [6, 6.07) is 5.54. The number of hydrogen-bond donors (Lipinski definition) is 2. The van der Waals surface area contributed by atoms with Gasteiger partial charge in [-0.3, -0.25) is 4.79 Å². The summed E-state index contributed by atoms with van der Waals surface area (Å²) in [6.45, 7) is -2.62. The number of nitrogens with two attached hydrogens (primary N) is 1. The van der Waals surface area contributed by atoms with Crippen molar-refractivity contribution in [1.29, 1.82) is 0 Å². The zero-order valence-electron chi connectivity index (χ0n) is 9.36. The van der Waals surface area contributed by atoms with Gasteiger partial charge in [0.1, 0.15) is 5.75 Å². The number of hydrogen-bond acceptors (Lipinski definition) is 3. The number of halogens is 2. The third-order valence-electron chi connectivity index (χ3n) is 1.98. The Morgan fingerprint density at radius 3 is 2.83 bits per heavy atom. The largest absolute Gasteiger partial charge is 0.435 e. The van der Waals surface area contributed by atoms with Gasteiger partial charge >= 0.3 is 6.61 Å². The zero-order valence-corrected chi connectivity index (χ0v) is 10.2. The summed E-state index contributed by atoms with van der Waals surface area (Å²) in [5, 5.41) is 2.56. The van der Waals surface area contributed by atoms with Gasteiger partial charge in [0.25, 0.3) is 5.91 Å². The molecule has 0 heterocycles. The van der Waals surface area contributed by atoms with E-state index in [0.29, 0.717) is 18.0 Å². The normalized spacial score (nSPS) is 10.2. The van der Waals surface area contributed by atoms with E-state index in [4.69, 9.17) is 5.73 Å². The van der Waals surface area contributed by atoms with Crippen molar-refractivity contribution in [3.8, 4) is 5.75 Å². The Bertz CT molecular complexity index is 441. The van der Waals surface area contributed by atoms with E-state index in [9.17, 15) is 13.6 Å². The van der Waals surface area contributed by atoms with Crippen molar-refractivity contribution >= 4 is 23.1 Å². The number of ether oxygens (including phenoxy) is 1. The molecule has 1 aromatic carbocycles. The Hall–Kier alpha value is -1.76. The third-order valence-corrected chi connectivity index (χ3v) is 2.18. The van der Waals surface area contributed by atoms with E-state index in [1.165, 1.54) is 24.3 Å². The monoisotopic (exact) mass is 274 g/mol. The van der Waals surface area contributed by atoms with Crippen molar-refractivity contribution in [2.75, 3.05) is 6.54 Å². The average molecular weight is 274 g/mol. The molecule has 4 nitrogen and oxygen atoms in total. The van der Waals surface area contributed by atoms with Crippen molar-refractivity contribution in [2.24, 2.45) is 5.73 Å². The summed E-state index contributed by atoms with van der Waals surface area (Å²) < 4.78 is 28.2. The quantitative estimate of drug-likeness (QED) is 0.775. The maximum Gasteiger partial charge on any atom is 0.387 e. The molecule has 0 bridgehead atoms. The van der Waals surface area contributed by atoms with E-state index in [0.717, 1.165) is 0 Å². The average Bonchev–Trinajstić information content (AvgIpc) is 2.27. The van der Waals surface area contributed by atoms with Gasteiger partial charge in [-0.2, -0.15) is 8.78 Å². The van der Waals surface area contributed by atoms with Crippen LogP contribution < -0.4 is 15.8 Å². The predicted molar refractivity (Wildman–Crippen MR) is 66.8 cm³/mol. The molecule has 0 aliphatic heterocycles. The first-order valence-electron chi connectivity index (χ1n) is 5.10. The van der Waals surface area contributed by atoms with Crippen LogP contribution in [0.1, 0.15) is 16.8 Å². The van der Waals surface area contributed by atoms with Crippen LogP contribution >= 0.6 is 12.2 Å². The predicted octanol–water partition coefficient (Wildman–Crippen LogP) is 1.69. The lowest BCUT2D eigenvalue weighted by Gasteiger charge is -2.07. The maximum atomic E-state index is 12.0. The molecule has 0 aliphatic carbocycles. The highest BCUT2D eigenvalue weighted by molar-refractivity contribution is 7.80. The van der Waals surface area contributed by atoms with Crippen molar-refractivity contribution in [3.05, 3.63) is 29.8 Å². The Morgan fingerprint density at radius 2 is 2.22 bits per heavy atom. The van der Waals surface area contributed by atoms with E-state index in [2.05, 4.69) is 22.3 Å². The van der Waals surface area contributed by atoms with Crippen molar-refractivity contribution in [2.45, 2.75) is 13.0 Å². The Kier molecular flexibility index (Phi) is 5.44. The van der Waals surface area contributed by atoms with Crippen molar-refractivity contribution in [1.82, 2.24) is 5.32 Å². The van der Waals surface area contributed by atoms with E-state index >= 15 is 0 Å². The van der Waals surface area contributed by atoms with Gasteiger partial charge in [0.15, 0.2) is 0 Å². The van der Waals surface area contributed by atoms with E-state index in [1.54, 1.807) is 0 Å². The van der Waals surface area contributed by atoms with Gasteiger partial charge < -0.3 is 15.8 Å². The molecule has 0 spiro atoms. The lowest BCUT2D eigenvalue weighted by atomic mass is 10.2. The summed E-state index contributed by atoms with van der Waals surface area (Å²) in [7, 11) is 0. The Balaban J connectivity index is 2.59. The van der Waals surface area contributed by atoms with Gasteiger partial charge in [-0.1, -0.05) is 18.3 Å². The molecule has 0 saturated carbocycles. The molecule has 0 saturated heterocycles.